The predicted octanol–water partition coefficient (Wildman–Crippen LogP) is 1.09. The van der Waals surface area contributed by atoms with E-state index >= 15 is 0 Å². The Labute approximate surface area is 97.6 Å². The molecule has 3 rings (SSSR count). The second kappa shape index (κ2) is 3.71. The molecule has 3 heterocycles. The van der Waals surface area contributed by atoms with Gasteiger partial charge in [0.25, 0.3) is 0 Å². The normalized spacial score (nSPS) is 21.1. The first-order valence-corrected chi connectivity index (χ1v) is 6.17. The number of carbonyl (C=O) groups is 1. The molecule has 2 aliphatic rings. The van der Waals surface area contributed by atoms with Gasteiger partial charge in [-0.15, -0.1) is 0 Å². The summed E-state index contributed by atoms with van der Waals surface area (Å²) in [7, 11) is 2.10. The molecule has 2 aliphatic heterocycles. The minimum absolute atomic E-state index is 0.264. The molecule has 16 heavy (non-hydrogen) atoms. The summed E-state index contributed by atoms with van der Waals surface area (Å²) in [5.74, 6) is 0. The monoisotopic (exact) mass is 239 g/mol. The molecule has 0 atom stereocenters. The van der Waals surface area contributed by atoms with E-state index in [9.17, 15) is 4.79 Å². The van der Waals surface area contributed by atoms with Gasteiger partial charge in [-0.1, -0.05) is 11.3 Å². The Morgan fingerprint density at radius 1 is 1.44 bits per heavy atom. The highest BCUT2D eigenvalue weighted by atomic mass is 32.1. The van der Waals surface area contributed by atoms with E-state index in [1.807, 2.05) is 0 Å². The molecule has 5 nitrogen and oxygen atoms in total. The van der Waals surface area contributed by atoms with Crippen molar-refractivity contribution in [2.45, 2.75) is 13.0 Å². The summed E-state index contributed by atoms with van der Waals surface area (Å²) in [6, 6.07) is 0. The number of fused-ring (bicyclic) bond motifs is 1. The number of hydrogen-bond donors (Lipinski definition) is 0. The quantitative estimate of drug-likeness (QED) is 0.736. The molecule has 0 aliphatic carbocycles. The summed E-state index contributed by atoms with van der Waals surface area (Å²) >= 11 is 1.61. The summed E-state index contributed by atoms with van der Waals surface area (Å²) in [5.41, 5.74) is 1.15. The number of rotatable bonds is 1. The fourth-order valence-electron chi connectivity index (χ4n) is 1.99. The van der Waals surface area contributed by atoms with E-state index in [1.54, 1.807) is 16.2 Å². The van der Waals surface area contributed by atoms with E-state index in [1.165, 1.54) is 4.88 Å². The van der Waals surface area contributed by atoms with Crippen molar-refractivity contribution in [1.29, 1.82) is 0 Å². The lowest BCUT2D eigenvalue weighted by Crippen LogP contribution is -2.25. The van der Waals surface area contributed by atoms with Crippen molar-refractivity contribution in [1.82, 2.24) is 9.88 Å². The van der Waals surface area contributed by atoms with Crippen LogP contribution in [0.4, 0.5) is 9.93 Å². The molecule has 1 fully saturated rings. The number of anilines is 1. The first-order chi connectivity index (χ1) is 7.74. The highest BCUT2D eigenvalue weighted by Gasteiger charge is 2.28. The Hall–Kier alpha value is -1.14. The Balaban J connectivity index is 1.89. The van der Waals surface area contributed by atoms with Gasteiger partial charge in [-0.25, -0.2) is 14.7 Å². The molecular weight excluding hydrogens is 226 g/mol. The molecule has 0 N–H and O–H groups in total. The van der Waals surface area contributed by atoms with E-state index < -0.39 is 0 Å². The Bertz CT molecular complexity index is 432. The van der Waals surface area contributed by atoms with Gasteiger partial charge in [0, 0.05) is 24.4 Å². The van der Waals surface area contributed by atoms with E-state index in [4.69, 9.17) is 4.74 Å². The predicted molar refractivity (Wildman–Crippen MR) is 60.8 cm³/mol. The van der Waals surface area contributed by atoms with Gasteiger partial charge in [0.05, 0.1) is 12.2 Å². The van der Waals surface area contributed by atoms with Crippen molar-refractivity contribution in [3.05, 3.63) is 10.6 Å². The molecule has 1 aromatic heterocycles. The van der Waals surface area contributed by atoms with Gasteiger partial charge < -0.3 is 9.64 Å². The fraction of sp³-hybridized carbons (Fsp3) is 0.600. The molecule has 1 saturated heterocycles. The third-order valence-electron chi connectivity index (χ3n) is 2.90. The largest absolute Gasteiger partial charge is 0.447 e. The Kier molecular flexibility index (Phi) is 2.33. The summed E-state index contributed by atoms with van der Waals surface area (Å²) < 4.78 is 4.92. The first-order valence-electron chi connectivity index (χ1n) is 5.35. The third kappa shape index (κ3) is 1.58. The van der Waals surface area contributed by atoms with Gasteiger partial charge in [0.15, 0.2) is 5.13 Å². The number of amides is 1. The van der Waals surface area contributed by atoms with Crippen LogP contribution in [0.15, 0.2) is 0 Å². The maximum absolute atomic E-state index is 11.4. The second-order valence-electron chi connectivity index (χ2n) is 4.12. The minimum Gasteiger partial charge on any atom is -0.447 e. The van der Waals surface area contributed by atoms with Crippen molar-refractivity contribution >= 4 is 22.6 Å². The van der Waals surface area contributed by atoms with Crippen LogP contribution in [0.5, 0.6) is 0 Å². The number of nitrogens with zero attached hydrogens (tertiary/aromatic N) is 3. The molecule has 0 spiro atoms. The number of hydrogen-bond acceptors (Lipinski definition) is 5. The molecule has 0 unspecified atom stereocenters. The van der Waals surface area contributed by atoms with Crippen molar-refractivity contribution in [2.24, 2.45) is 0 Å². The summed E-state index contributed by atoms with van der Waals surface area (Å²) in [4.78, 5) is 21.1. The minimum atomic E-state index is -0.264. The SMILES string of the molecule is CN1CCc2nc(N3CCOC3=O)sc2C1. The Morgan fingerprint density at radius 2 is 2.31 bits per heavy atom. The molecule has 1 amide bonds. The van der Waals surface area contributed by atoms with Crippen LogP contribution in [0.25, 0.3) is 0 Å². The molecule has 6 heteroatoms. The standard InChI is InChI=1S/C10H13N3O2S/c1-12-3-2-7-8(6-12)16-9(11-7)13-4-5-15-10(13)14/h2-6H2,1H3. The lowest BCUT2D eigenvalue weighted by Gasteiger charge is -2.20. The first kappa shape index (κ1) is 10.0. The number of thiazole rings is 1. The summed E-state index contributed by atoms with van der Waals surface area (Å²) in [5, 5.41) is 0.794. The van der Waals surface area contributed by atoms with Gasteiger partial charge in [0.2, 0.25) is 0 Å². The highest BCUT2D eigenvalue weighted by molar-refractivity contribution is 7.15. The van der Waals surface area contributed by atoms with Crippen LogP contribution in [0.1, 0.15) is 10.6 Å². The number of ether oxygens (including phenoxy) is 1. The fourth-order valence-corrected chi connectivity index (χ4v) is 3.19. The number of cyclic esters (lactones) is 1. The molecule has 86 valence electrons. The van der Waals surface area contributed by atoms with Crippen LogP contribution < -0.4 is 4.90 Å². The number of carbonyl (C=O) groups excluding carboxylic acids is 1. The van der Waals surface area contributed by atoms with Gasteiger partial charge in [-0.2, -0.15) is 0 Å². The van der Waals surface area contributed by atoms with Gasteiger partial charge in [-0.3, -0.25) is 0 Å². The van der Waals surface area contributed by atoms with Crippen molar-refractivity contribution in [3.8, 4) is 0 Å². The zero-order valence-corrected chi connectivity index (χ0v) is 9.92. The molecular formula is C10H13N3O2S. The zero-order chi connectivity index (χ0) is 11.1. The topological polar surface area (TPSA) is 45.7 Å². The zero-order valence-electron chi connectivity index (χ0n) is 9.10. The highest BCUT2D eigenvalue weighted by Crippen LogP contribution is 2.31. The third-order valence-corrected chi connectivity index (χ3v) is 4.01. The van der Waals surface area contributed by atoms with Gasteiger partial charge in [0.1, 0.15) is 6.61 Å². The van der Waals surface area contributed by atoms with Crippen LogP contribution in [0.2, 0.25) is 0 Å². The molecule has 0 aromatic carbocycles. The van der Waals surface area contributed by atoms with Crippen molar-refractivity contribution < 1.29 is 9.53 Å². The van der Waals surface area contributed by atoms with Crippen LogP contribution >= 0.6 is 11.3 Å². The Morgan fingerprint density at radius 3 is 3.06 bits per heavy atom. The molecule has 0 radical (unpaired) electrons. The van der Waals surface area contributed by atoms with E-state index in [-0.39, 0.29) is 6.09 Å². The number of likely N-dealkylation sites (N-methyl/N-ethyl adjacent to an activating group) is 1. The molecule has 0 bridgehead atoms. The maximum Gasteiger partial charge on any atom is 0.416 e. The lowest BCUT2D eigenvalue weighted by atomic mass is 10.2. The smallest absolute Gasteiger partial charge is 0.416 e. The van der Waals surface area contributed by atoms with E-state index in [2.05, 4.69) is 16.9 Å². The average molecular weight is 239 g/mol. The van der Waals surface area contributed by atoms with Crippen LogP contribution in [0, 0.1) is 0 Å². The van der Waals surface area contributed by atoms with Crippen molar-refractivity contribution in [3.63, 3.8) is 0 Å². The molecule has 1 aromatic rings. The van der Waals surface area contributed by atoms with Gasteiger partial charge in [-0.05, 0) is 7.05 Å². The molecule has 0 saturated carbocycles. The van der Waals surface area contributed by atoms with Crippen LogP contribution in [0.3, 0.4) is 0 Å². The lowest BCUT2D eigenvalue weighted by molar-refractivity contribution is 0.181. The summed E-state index contributed by atoms with van der Waals surface area (Å²) in [6.45, 7) is 3.08. The number of aromatic nitrogens is 1. The maximum atomic E-state index is 11.4. The van der Waals surface area contributed by atoms with E-state index in [0.717, 1.165) is 30.3 Å². The summed E-state index contributed by atoms with van der Waals surface area (Å²) in [6.07, 6.45) is 0.713. The van der Waals surface area contributed by atoms with Crippen LogP contribution in [-0.4, -0.2) is 42.7 Å². The van der Waals surface area contributed by atoms with Crippen LogP contribution in [-0.2, 0) is 17.7 Å². The van der Waals surface area contributed by atoms with Gasteiger partial charge >= 0.3 is 6.09 Å². The van der Waals surface area contributed by atoms with Crippen molar-refractivity contribution in [2.75, 3.05) is 31.6 Å². The van der Waals surface area contributed by atoms with E-state index in [0.29, 0.717) is 13.2 Å². The average Bonchev–Trinajstić information content (AvgIpc) is 2.82. The second-order valence-corrected chi connectivity index (χ2v) is 5.18.